The molecule has 3 heterocycles. The molecule has 3 aromatic rings. The number of ether oxygens (including phenoxy) is 2. The van der Waals surface area contributed by atoms with Gasteiger partial charge in [-0.3, -0.25) is 0 Å². The minimum absolute atomic E-state index is 0.00306. The van der Waals surface area contributed by atoms with Crippen LogP contribution in [0.25, 0.3) is 0 Å². The summed E-state index contributed by atoms with van der Waals surface area (Å²) in [5.41, 5.74) is 0.388. The molecule has 22 atom stereocenters. The number of carbonyl (C=O) groups excluding carboxylic acids is 2. The molecule has 2 spiro atoms. The summed E-state index contributed by atoms with van der Waals surface area (Å²) in [5.74, 6) is 7.51. The fourth-order valence-electron chi connectivity index (χ4n) is 23.5. The number of hydrogen-bond donors (Lipinski definition) is 5. The average Bonchev–Trinajstić information content (AvgIpc) is 2.91. The van der Waals surface area contributed by atoms with Crippen LogP contribution in [0.3, 0.4) is 0 Å². The van der Waals surface area contributed by atoms with E-state index in [9.17, 15) is 15.0 Å². The van der Waals surface area contributed by atoms with Gasteiger partial charge < -0.3 is 40.0 Å². The summed E-state index contributed by atoms with van der Waals surface area (Å²) in [6.07, 6.45) is 19.6. The summed E-state index contributed by atoms with van der Waals surface area (Å²) in [5, 5.41) is 59.3. The lowest BCUT2D eigenvalue weighted by Gasteiger charge is -2.75. The third-order valence-electron chi connectivity index (χ3n) is 26.5. The average molecular weight is 1080 g/mol. The summed E-state index contributed by atoms with van der Waals surface area (Å²) in [7, 11) is 1.97. The molecule has 10 aliphatic carbocycles. The molecule has 12 bridgehead atoms. The molecule has 9 fully saturated rings. The topological polar surface area (TPSA) is 146 Å². The van der Waals surface area contributed by atoms with Crippen molar-refractivity contribution in [1.82, 2.24) is 5.32 Å². The monoisotopic (exact) mass is 1080 g/mol. The first kappa shape index (κ1) is 52.6. The van der Waals surface area contributed by atoms with Crippen LogP contribution in [0.4, 0.5) is 0 Å². The van der Waals surface area contributed by atoms with Gasteiger partial charge in [0.15, 0.2) is 0 Å². The van der Waals surface area contributed by atoms with Gasteiger partial charge in [-0.05, 0) is 235 Å². The second-order valence-electron chi connectivity index (χ2n) is 29.3. The number of hydrogen-bond acceptors (Lipinski definition) is 9. The first-order chi connectivity index (χ1) is 38.8. The molecule has 3 aliphatic heterocycles. The van der Waals surface area contributed by atoms with Gasteiger partial charge in [0.1, 0.15) is 18.0 Å². The number of aldehydes is 1. The Labute approximate surface area is 474 Å². The Morgan fingerprint density at radius 2 is 1.62 bits per heavy atom. The van der Waals surface area contributed by atoms with Crippen LogP contribution in [0.1, 0.15) is 156 Å². The zero-order valence-electron chi connectivity index (χ0n) is 47.5. The maximum atomic E-state index is 15.6. The molecular weight excluding hydrogens is 995 g/mol. The molecule has 9 heteroatoms. The fraction of sp³-hybridized carbons (Fsp3) is 0.662. The molecule has 5 N–H and O–H groups in total. The van der Waals surface area contributed by atoms with Crippen LogP contribution < -0.4 is 5.32 Å². The highest BCUT2D eigenvalue weighted by molar-refractivity contribution is 5.86. The van der Waals surface area contributed by atoms with Crippen LogP contribution in [-0.4, -0.2) is 80.9 Å². The van der Waals surface area contributed by atoms with Crippen LogP contribution >= 0.6 is 0 Å². The molecule has 22 unspecified atom stereocenters. The predicted octanol–water partition coefficient (Wildman–Crippen LogP) is 10.2. The minimum atomic E-state index is -1.72. The number of aliphatic hydroxyl groups excluding tert-OH is 1. The van der Waals surface area contributed by atoms with Gasteiger partial charge >= 0.3 is 5.97 Å². The van der Waals surface area contributed by atoms with Gasteiger partial charge in [-0.25, -0.2) is 4.79 Å². The normalized spacial score (nSPS) is 47.3. The highest BCUT2D eigenvalue weighted by Gasteiger charge is 2.85. The predicted molar refractivity (Wildman–Crippen MR) is 305 cm³/mol. The van der Waals surface area contributed by atoms with Crippen molar-refractivity contribution in [2.75, 3.05) is 7.05 Å². The van der Waals surface area contributed by atoms with Crippen molar-refractivity contribution in [2.45, 2.75) is 196 Å². The highest BCUT2D eigenvalue weighted by atomic mass is 16.5. The Morgan fingerprint density at radius 1 is 0.812 bits per heavy atom. The van der Waals surface area contributed by atoms with Crippen LogP contribution in [0.2, 0.25) is 0 Å². The van der Waals surface area contributed by atoms with Crippen molar-refractivity contribution in [1.29, 1.82) is 0 Å². The van der Waals surface area contributed by atoms with Crippen LogP contribution in [0, 0.1) is 99.1 Å². The van der Waals surface area contributed by atoms with E-state index >= 15 is 15.0 Å². The molecule has 3 aromatic carbocycles. The quantitative estimate of drug-likeness (QED) is 0.0926. The Hall–Kier alpha value is -4.14. The smallest absolute Gasteiger partial charge is 0.331 e. The largest absolute Gasteiger partial charge is 0.454 e. The number of carbonyl (C=O) groups is 2. The van der Waals surface area contributed by atoms with E-state index in [0.29, 0.717) is 81.5 Å². The lowest BCUT2D eigenvalue weighted by Crippen LogP contribution is -2.83. The first-order valence-corrected chi connectivity index (χ1v) is 32.0. The number of fused-ring (bicyclic) bond motifs is 13. The van der Waals surface area contributed by atoms with Gasteiger partial charge in [-0.2, -0.15) is 0 Å². The number of nitrogens with one attached hydrogen (secondary N) is 1. The summed E-state index contributed by atoms with van der Waals surface area (Å²) in [4.78, 5) is 29.5. The molecule has 0 amide bonds. The summed E-state index contributed by atoms with van der Waals surface area (Å²) in [6.45, 7) is 2.39. The zero-order valence-corrected chi connectivity index (χ0v) is 47.5. The van der Waals surface area contributed by atoms with E-state index in [1.54, 1.807) is 6.08 Å². The van der Waals surface area contributed by atoms with Crippen LogP contribution in [-0.2, 0) is 51.4 Å². The number of likely N-dealkylation sites (N-methyl/N-ethyl adjacent to an activating group) is 1. The molecule has 1 saturated heterocycles. The summed E-state index contributed by atoms with van der Waals surface area (Å²) in [6, 6.07) is 26.1. The zero-order chi connectivity index (χ0) is 54.6. The summed E-state index contributed by atoms with van der Waals surface area (Å²) >= 11 is 0. The van der Waals surface area contributed by atoms with E-state index in [0.717, 1.165) is 80.1 Å². The number of rotatable bonds is 6. The van der Waals surface area contributed by atoms with Crippen molar-refractivity contribution >= 4 is 12.3 Å². The number of aliphatic hydroxyl groups is 4. The number of esters is 1. The van der Waals surface area contributed by atoms with E-state index in [4.69, 9.17) is 9.47 Å². The lowest BCUT2D eigenvalue weighted by atomic mass is 9.33. The van der Waals surface area contributed by atoms with Gasteiger partial charge in [-0.15, -0.1) is 0 Å². The van der Waals surface area contributed by atoms with E-state index in [2.05, 4.69) is 78.7 Å². The van der Waals surface area contributed by atoms with E-state index in [1.807, 2.05) is 25.2 Å². The van der Waals surface area contributed by atoms with Gasteiger partial charge in [0, 0.05) is 52.7 Å². The van der Waals surface area contributed by atoms with Crippen LogP contribution in [0.15, 0.2) is 84.4 Å². The third-order valence-corrected chi connectivity index (χ3v) is 26.5. The highest BCUT2D eigenvalue weighted by Crippen LogP contribution is 2.80. The molecule has 424 valence electrons. The molecular formula is C71H87NO8. The molecule has 8 saturated carbocycles. The Bertz CT molecular complexity index is 3040. The summed E-state index contributed by atoms with van der Waals surface area (Å²) < 4.78 is 14.3. The van der Waals surface area contributed by atoms with E-state index in [-0.39, 0.29) is 78.2 Å². The maximum absolute atomic E-state index is 15.6. The van der Waals surface area contributed by atoms with Gasteiger partial charge in [0.2, 0.25) is 0 Å². The SMILES string of the molecule is CNC1Cc2c(cccc2CO)C#CCCC23CCC4C(O)(CC5CC6CCC7C8OC(Cc9cccc(c9)CC9CCC(C9)C6C)CC6CC(CCc9ccccc9)CC68CC4(C=O)C57O)C2(O)CC2CC1C1OC(=O)C=C1C23. The molecule has 13 aliphatic rings. The van der Waals surface area contributed by atoms with Crippen molar-refractivity contribution in [3.05, 3.63) is 118 Å². The molecule has 9 nitrogen and oxygen atoms in total. The number of aryl methyl sites for hydroxylation is 1. The molecule has 80 heavy (non-hydrogen) atoms. The second kappa shape index (κ2) is 19.2. The van der Waals surface area contributed by atoms with Crippen molar-refractivity contribution in [3.8, 4) is 11.8 Å². The lowest BCUT2D eigenvalue weighted by molar-refractivity contribution is -0.366. The van der Waals surface area contributed by atoms with Crippen molar-refractivity contribution < 1.29 is 39.5 Å². The van der Waals surface area contributed by atoms with Gasteiger partial charge in [-0.1, -0.05) is 85.5 Å². The Morgan fingerprint density at radius 3 is 2.45 bits per heavy atom. The molecule has 0 radical (unpaired) electrons. The number of benzene rings is 3. The Balaban J connectivity index is 0.891. The van der Waals surface area contributed by atoms with Crippen LogP contribution in [0.5, 0.6) is 0 Å². The molecule has 0 aromatic heterocycles. The second-order valence-corrected chi connectivity index (χ2v) is 29.3. The third kappa shape index (κ3) is 7.42. The fourth-order valence-corrected chi connectivity index (χ4v) is 23.5. The maximum Gasteiger partial charge on any atom is 0.331 e. The standard InChI is InChI=1S/C71H87NO8/c1-42-49-20-19-46(28-49)27-44-12-8-13-45(26-44)30-55-33-53-29-47(18-17-43-10-4-3-5-11-43)36-66(53)40-68(41-74)61-23-25-67-24-7-6-14-48-15-9-16-51(39-73)56(48)34-60(72-2)57-32-52(63(67)58-35-62(75)80-64(57)58)37-70(67,77)69(61,76)38-54-31-50(42)21-22-59(65(66)79-55)71(54,68)78/h3-5,8-13,15-16,26,35,41-42,46-47,49-50,52-55,57,59-61,63-65,72-73,76-78H,7,17-25,27-34,36-40H2,1-2H3. The van der Waals surface area contributed by atoms with E-state index in [1.165, 1.54) is 42.2 Å². The van der Waals surface area contributed by atoms with Crippen molar-refractivity contribution in [3.63, 3.8) is 0 Å². The molecule has 16 rings (SSSR count). The van der Waals surface area contributed by atoms with Gasteiger partial charge in [0.25, 0.3) is 0 Å². The van der Waals surface area contributed by atoms with E-state index < -0.39 is 45.6 Å². The van der Waals surface area contributed by atoms with Crippen molar-refractivity contribution in [2.24, 2.45) is 87.3 Å². The minimum Gasteiger partial charge on any atom is -0.454 e. The first-order valence-electron chi connectivity index (χ1n) is 32.0. The van der Waals surface area contributed by atoms with Gasteiger partial charge in [0.05, 0.1) is 35.4 Å². The Kier molecular flexibility index (Phi) is 12.6.